The summed E-state index contributed by atoms with van der Waals surface area (Å²) in [6, 6.07) is 1.94. The van der Waals surface area contributed by atoms with Gasteiger partial charge >= 0.3 is 0 Å². The average Bonchev–Trinajstić information content (AvgIpc) is 2.38. The zero-order chi connectivity index (χ0) is 7.40. The molecule has 0 aromatic rings. The molecule has 3 nitrogen and oxygen atoms in total. The van der Waals surface area contributed by atoms with E-state index in [1.165, 1.54) is 0 Å². The van der Waals surface area contributed by atoms with Crippen molar-refractivity contribution >= 4 is 0 Å². The zero-order valence-corrected chi connectivity index (χ0v) is 5.79. The van der Waals surface area contributed by atoms with Crippen LogP contribution in [0.15, 0.2) is 0 Å². The minimum Gasteiger partial charge on any atom is -0.392 e. The van der Waals surface area contributed by atoms with Crippen LogP contribution in [0.2, 0.25) is 0 Å². The number of rotatable bonds is 2. The SMILES string of the molecule is N#CCC(O)C1CCOC1. The third kappa shape index (κ3) is 1.69. The molecule has 0 spiro atoms. The van der Waals surface area contributed by atoms with Gasteiger partial charge in [-0.25, -0.2) is 0 Å². The van der Waals surface area contributed by atoms with E-state index in [1.54, 1.807) is 0 Å². The van der Waals surface area contributed by atoms with Crippen molar-refractivity contribution < 1.29 is 9.84 Å². The highest BCUT2D eigenvalue weighted by Crippen LogP contribution is 2.17. The molecule has 2 atom stereocenters. The normalized spacial score (nSPS) is 27.8. The van der Waals surface area contributed by atoms with E-state index >= 15 is 0 Å². The van der Waals surface area contributed by atoms with Gasteiger partial charge in [-0.05, 0) is 6.42 Å². The van der Waals surface area contributed by atoms with Crippen LogP contribution in [-0.2, 0) is 4.74 Å². The Labute approximate surface area is 60.2 Å². The molecule has 0 saturated carbocycles. The topological polar surface area (TPSA) is 53.2 Å². The molecule has 2 unspecified atom stereocenters. The number of hydrogen-bond donors (Lipinski definition) is 1. The van der Waals surface area contributed by atoms with Gasteiger partial charge in [0.05, 0.1) is 25.2 Å². The number of hydrogen-bond acceptors (Lipinski definition) is 3. The Morgan fingerprint density at radius 3 is 3.10 bits per heavy atom. The third-order valence-corrected chi connectivity index (χ3v) is 1.81. The maximum absolute atomic E-state index is 9.25. The van der Waals surface area contributed by atoms with Gasteiger partial charge in [0.2, 0.25) is 0 Å². The average molecular weight is 141 g/mol. The molecule has 10 heavy (non-hydrogen) atoms. The molecule has 1 aliphatic rings. The molecule has 0 amide bonds. The van der Waals surface area contributed by atoms with Crippen LogP contribution in [0.4, 0.5) is 0 Å². The molecule has 0 aromatic heterocycles. The van der Waals surface area contributed by atoms with E-state index in [4.69, 9.17) is 10.00 Å². The first-order valence-corrected chi connectivity index (χ1v) is 3.47. The lowest BCUT2D eigenvalue weighted by molar-refractivity contribution is 0.0951. The Bertz CT molecular complexity index is 135. The molecule has 1 fully saturated rings. The molecule has 1 N–H and O–H groups in total. The van der Waals surface area contributed by atoms with Crippen LogP contribution in [0.5, 0.6) is 0 Å². The highest BCUT2D eigenvalue weighted by molar-refractivity contribution is 4.81. The van der Waals surface area contributed by atoms with E-state index in [9.17, 15) is 5.11 Å². The molecule has 0 aromatic carbocycles. The van der Waals surface area contributed by atoms with Crippen LogP contribution in [0.3, 0.4) is 0 Å². The summed E-state index contributed by atoms with van der Waals surface area (Å²) >= 11 is 0. The minimum absolute atomic E-state index is 0.194. The minimum atomic E-state index is -0.479. The fourth-order valence-electron chi connectivity index (χ4n) is 1.12. The number of nitriles is 1. The molecule has 1 rings (SSSR count). The summed E-state index contributed by atoms with van der Waals surface area (Å²) in [5, 5.41) is 17.5. The van der Waals surface area contributed by atoms with Crippen LogP contribution in [0.1, 0.15) is 12.8 Å². The van der Waals surface area contributed by atoms with Crippen LogP contribution in [0, 0.1) is 17.2 Å². The monoisotopic (exact) mass is 141 g/mol. The predicted octanol–water partition coefficient (Wildman–Crippen LogP) is 0.297. The molecule has 0 radical (unpaired) electrons. The van der Waals surface area contributed by atoms with Gasteiger partial charge in [-0.2, -0.15) is 5.26 Å². The smallest absolute Gasteiger partial charge is 0.0721 e. The summed E-state index contributed by atoms with van der Waals surface area (Å²) in [4.78, 5) is 0. The molecule has 0 bridgehead atoms. The Hall–Kier alpha value is -0.590. The lowest BCUT2D eigenvalue weighted by Gasteiger charge is -2.11. The van der Waals surface area contributed by atoms with E-state index in [0.29, 0.717) is 6.61 Å². The van der Waals surface area contributed by atoms with Crippen molar-refractivity contribution in [1.82, 2.24) is 0 Å². The number of ether oxygens (including phenoxy) is 1. The summed E-state index contributed by atoms with van der Waals surface area (Å²) in [7, 11) is 0. The summed E-state index contributed by atoms with van der Waals surface area (Å²) < 4.78 is 5.06. The van der Waals surface area contributed by atoms with Crippen LogP contribution in [0.25, 0.3) is 0 Å². The molecule has 1 aliphatic heterocycles. The fraction of sp³-hybridized carbons (Fsp3) is 0.857. The first-order valence-electron chi connectivity index (χ1n) is 3.47. The van der Waals surface area contributed by atoms with Crippen LogP contribution >= 0.6 is 0 Å². The summed E-state index contributed by atoms with van der Waals surface area (Å²) in [5.41, 5.74) is 0. The maximum atomic E-state index is 9.25. The number of nitrogens with zero attached hydrogens (tertiary/aromatic N) is 1. The van der Waals surface area contributed by atoms with Gasteiger partial charge in [-0.15, -0.1) is 0 Å². The maximum Gasteiger partial charge on any atom is 0.0721 e. The van der Waals surface area contributed by atoms with E-state index < -0.39 is 6.10 Å². The summed E-state index contributed by atoms with van der Waals surface area (Å²) in [6.45, 7) is 1.34. The van der Waals surface area contributed by atoms with Crippen molar-refractivity contribution in [1.29, 1.82) is 5.26 Å². The summed E-state index contributed by atoms with van der Waals surface area (Å²) in [6.07, 6.45) is 0.643. The quantitative estimate of drug-likeness (QED) is 0.601. The Morgan fingerprint density at radius 2 is 2.60 bits per heavy atom. The largest absolute Gasteiger partial charge is 0.392 e. The summed E-state index contributed by atoms with van der Waals surface area (Å²) in [5.74, 6) is 0.194. The van der Waals surface area contributed by atoms with Crippen LogP contribution in [-0.4, -0.2) is 24.4 Å². The zero-order valence-electron chi connectivity index (χ0n) is 5.79. The second kappa shape index (κ2) is 3.55. The van der Waals surface area contributed by atoms with Gasteiger partial charge in [-0.1, -0.05) is 0 Å². The lowest BCUT2D eigenvalue weighted by atomic mass is 10.00. The lowest BCUT2D eigenvalue weighted by Crippen LogP contribution is -2.19. The molecule has 3 heteroatoms. The van der Waals surface area contributed by atoms with Crippen molar-refractivity contribution in [3.8, 4) is 6.07 Å². The Kier molecular flexibility index (Phi) is 2.67. The van der Waals surface area contributed by atoms with Crippen molar-refractivity contribution in [2.45, 2.75) is 18.9 Å². The Balaban J connectivity index is 2.26. The second-order valence-electron chi connectivity index (χ2n) is 2.55. The van der Waals surface area contributed by atoms with Crippen LogP contribution < -0.4 is 0 Å². The van der Waals surface area contributed by atoms with Crippen molar-refractivity contribution in [3.63, 3.8) is 0 Å². The van der Waals surface area contributed by atoms with Gasteiger partial charge in [0, 0.05) is 12.5 Å². The van der Waals surface area contributed by atoms with E-state index in [1.807, 2.05) is 6.07 Å². The first kappa shape index (κ1) is 7.52. The third-order valence-electron chi connectivity index (χ3n) is 1.81. The second-order valence-corrected chi connectivity index (χ2v) is 2.55. The van der Waals surface area contributed by atoms with Gasteiger partial charge < -0.3 is 9.84 Å². The van der Waals surface area contributed by atoms with E-state index in [-0.39, 0.29) is 12.3 Å². The fourth-order valence-corrected chi connectivity index (χ4v) is 1.12. The molecule has 56 valence electrons. The molecular weight excluding hydrogens is 130 g/mol. The van der Waals surface area contributed by atoms with Gasteiger partial charge in [-0.3, -0.25) is 0 Å². The molecule has 1 saturated heterocycles. The van der Waals surface area contributed by atoms with Gasteiger partial charge in [0.15, 0.2) is 0 Å². The number of aliphatic hydroxyl groups excluding tert-OH is 1. The van der Waals surface area contributed by atoms with Gasteiger partial charge in [0.25, 0.3) is 0 Å². The first-order chi connectivity index (χ1) is 4.84. The molecular formula is C7H11NO2. The van der Waals surface area contributed by atoms with Crippen molar-refractivity contribution in [2.24, 2.45) is 5.92 Å². The van der Waals surface area contributed by atoms with Gasteiger partial charge in [0.1, 0.15) is 0 Å². The predicted molar refractivity (Wildman–Crippen MR) is 35.2 cm³/mol. The molecule has 1 heterocycles. The standard InChI is InChI=1S/C7H11NO2/c8-3-1-7(9)6-2-4-10-5-6/h6-7,9H,1-2,4-5H2. The van der Waals surface area contributed by atoms with Crippen molar-refractivity contribution in [3.05, 3.63) is 0 Å². The van der Waals surface area contributed by atoms with E-state index in [2.05, 4.69) is 0 Å². The van der Waals surface area contributed by atoms with Crippen molar-refractivity contribution in [2.75, 3.05) is 13.2 Å². The highest BCUT2D eigenvalue weighted by atomic mass is 16.5. The molecule has 0 aliphatic carbocycles. The highest BCUT2D eigenvalue weighted by Gasteiger charge is 2.23. The Morgan fingerprint density at radius 1 is 1.80 bits per heavy atom. The number of aliphatic hydroxyl groups is 1. The van der Waals surface area contributed by atoms with E-state index in [0.717, 1.165) is 13.0 Å².